The topological polar surface area (TPSA) is 13.1 Å². The van der Waals surface area contributed by atoms with Crippen LogP contribution in [0.1, 0.15) is 38.4 Å². The van der Waals surface area contributed by atoms with Gasteiger partial charge in [0.2, 0.25) is 0 Å². The summed E-state index contributed by atoms with van der Waals surface area (Å²) < 4.78 is 256. The number of para-hydroxylation sites is 1. The fraction of sp³-hybridized carbons (Fsp3) is 0. The summed E-state index contributed by atoms with van der Waals surface area (Å²) in [6.45, 7) is 0. The monoisotopic (exact) mass is 600 g/mol. The molecule has 45 heavy (non-hydrogen) atoms. The minimum atomic E-state index is -1.07. The molecule has 9 rings (SSSR count). The zero-order valence-corrected chi connectivity index (χ0v) is 22.4. The van der Waals surface area contributed by atoms with E-state index in [0.717, 1.165) is 0 Å². The van der Waals surface area contributed by atoms with E-state index in [-0.39, 0.29) is 0 Å². The van der Waals surface area contributed by atoms with E-state index >= 15 is 0 Å². The van der Waals surface area contributed by atoms with Crippen molar-refractivity contribution in [2.75, 3.05) is 0 Å². The number of benzene rings is 8. The molecule has 0 N–H and O–H groups in total. The SMILES string of the molecule is [2H]c1c([2H])c([2H])c(-c2c([2H])c([2H])c([2H])c([2H])c2-c2c3c([2H])c([2H])c([2H])c([2H])c3c(-c3c([2H])c([2H])c([2H])c4c3oc3c([2H])c([2H])c(-c5c([2H])c([2H])c([2H])c([2H])c5[2H])c([2H])c34)c3c([2H])c([2H])c([2H])c([2H])c23)c([2H])c1[2H]. The second kappa shape index (κ2) is 10.4. The third-order valence-corrected chi connectivity index (χ3v) is 7.12. The van der Waals surface area contributed by atoms with Crippen LogP contribution in [0.2, 0.25) is 0 Å². The predicted octanol–water partition coefficient (Wildman–Crippen LogP) is 12.6. The van der Waals surface area contributed by atoms with Gasteiger partial charge in [-0.3, -0.25) is 0 Å². The van der Waals surface area contributed by atoms with Crippen LogP contribution in [-0.4, -0.2) is 0 Å². The molecule has 8 aromatic carbocycles. The first kappa shape index (κ1) is 10.1. The van der Waals surface area contributed by atoms with Crippen molar-refractivity contribution < 1.29 is 42.8 Å². The molecule has 0 atom stereocenters. The second-order valence-electron chi connectivity index (χ2n) is 9.51. The lowest BCUT2D eigenvalue weighted by Crippen LogP contribution is -1.92. The van der Waals surface area contributed by atoms with Crippen LogP contribution in [0.15, 0.2) is 174 Å². The van der Waals surface area contributed by atoms with Gasteiger partial charge in [0, 0.05) is 21.9 Å². The van der Waals surface area contributed by atoms with Crippen molar-refractivity contribution in [2.24, 2.45) is 0 Å². The fourth-order valence-corrected chi connectivity index (χ4v) is 5.29. The van der Waals surface area contributed by atoms with Gasteiger partial charge in [0.25, 0.3) is 0 Å². The van der Waals surface area contributed by atoms with Crippen molar-refractivity contribution >= 4 is 43.5 Å². The third kappa shape index (κ3) is 4.09. The highest BCUT2D eigenvalue weighted by Crippen LogP contribution is 2.48. The fourth-order valence-electron chi connectivity index (χ4n) is 5.29. The number of hydrogen-bond donors (Lipinski definition) is 0. The van der Waals surface area contributed by atoms with Gasteiger partial charge in [-0.1, -0.05) is 157 Å². The van der Waals surface area contributed by atoms with Crippen LogP contribution in [0.25, 0.3) is 88.0 Å². The summed E-state index contributed by atoms with van der Waals surface area (Å²) >= 11 is 0. The molecule has 0 spiro atoms. The summed E-state index contributed by atoms with van der Waals surface area (Å²) in [5, 5.41) is -4.31. The van der Waals surface area contributed by atoms with Crippen molar-refractivity contribution in [3.63, 3.8) is 0 Å². The zero-order chi connectivity index (χ0) is 54.1. The van der Waals surface area contributed by atoms with Gasteiger partial charge < -0.3 is 4.42 Å². The molecule has 1 aromatic heterocycles. The zero-order valence-electron chi connectivity index (χ0n) is 50.4. The lowest BCUT2D eigenvalue weighted by atomic mass is 9.83. The molecule has 9 aromatic rings. The summed E-state index contributed by atoms with van der Waals surface area (Å²) in [5.74, 6) is 0. The van der Waals surface area contributed by atoms with Gasteiger partial charge in [-0.05, 0) is 67.0 Å². The Morgan fingerprint density at radius 3 is 1.47 bits per heavy atom. The normalized spacial score (nSPS) is 20.3. The average Bonchev–Trinajstić information content (AvgIpc) is 3.77. The smallest absolute Gasteiger partial charge is 0.143 e. The van der Waals surface area contributed by atoms with Gasteiger partial charge in [0.1, 0.15) is 11.2 Å². The van der Waals surface area contributed by atoms with Crippen LogP contribution in [0.5, 0.6) is 0 Å². The minimum Gasteiger partial charge on any atom is -0.455 e. The van der Waals surface area contributed by atoms with Crippen molar-refractivity contribution in [1.29, 1.82) is 0 Å². The van der Waals surface area contributed by atoms with E-state index in [4.69, 9.17) is 30.5 Å². The molecule has 0 aliphatic rings. The van der Waals surface area contributed by atoms with Crippen molar-refractivity contribution in [2.45, 2.75) is 0 Å². The first-order chi connectivity index (χ1) is 34.0. The molecular formula is C44H28O. The van der Waals surface area contributed by atoms with Gasteiger partial charge in [0.15, 0.2) is 0 Å². The third-order valence-electron chi connectivity index (χ3n) is 7.12. The maximum absolute atomic E-state index is 9.50. The van der Waals surface area contributed by atoms with E-state index in [2.05, 4.69) is 0 Å². The van der Waals surface area contributed by atoms with E-state index in [9.17, 15) is 12.3 Å². The Morgan fingerprint density at radius 1 is 0.333 bits per heavy atom. The quantitative estimate of drug-likeness (QED) is 0.183. The Bertz CT molecular complexity index is 3980. The van der Waals surface area contributed by atoms with Gasteiger partial charge >= 0.3 is 0 Å². The van der Waals surface area contributed by atoms with Crippen LogP contribution in [0.3, 0.4) is 0 Å². The van der Waals surface area contributed by atoms with Gasteiger partial charge in [0.05, 0.1) is 38.4 Å². The minimum absolute atomic E-state index is 0.574. The summed E-state index contributed by atoms with van der Waals surface area (Å²) in [4.78, 5) is 0. The Labute approximate surface area is 301 Å². The predicted molar refractivity (Wildman–Crippen MR) is 190 cm³/mol. The summed E-state index contributed by atoms with van der Waals surface area (Å²) in [6, 6.07) is -27.1. The molecule has 0 saturated carbocycles. The first-order valence-corrected chi connectivity index (χ1v) is 13.2. The average molecular weight is 601 g/mol. The molecule has 0 unspecified atom stereocenters. The number of fused-ring (bicyclic) bond motifs is 5. The Hall–Kier alpha value is -5.92. The number of hydrogen-bond acceptors (Lipinski definition) is 1. The maximum atomic E-state index is 9.50. The second-order valence-corrected chi connectivity index (χ2v) is 9.51. The maximum Gasteiger partial charge on any atom is 0.143 e. The molecule has 0 aliphatic heterocycles. The van der Waals surface area contributed by atoms with Crippen molar-refractivity contribution in [1.82, 2.24) is 0 Å². The van der Waals surface area contributed by atoms with Crippen molar-refractivity contribution in [3.05, 3.63) is 169 Å². The Morgan fingerprint density at radius 2 is 0.822 bits per heavy atom. The van der Waals surface area contributed by atoms with E-state index < -0.39 is 257 Å². The number of furan rings is 1. The molecule has 0 fully saturated rings. The van der Waals surface area contributed by atoms with E-state index in [1.807, 2.05) is 0 Å². The van der Waals surface area contributed by atoms with Crippen LogP contribution in [0, 0.1) is 0 Å². The molecule has 0 aliphatic carbocycles. The van der Waals surface area contributed by atoms with Crippen LogP contribution < -0.4 is 0 Å². The standard InChI is InChI=1S/C44H28O/c1-3-14-29(15-4-1)31-26-27-41-40(28-31)38-24-13-25-39(44(38)45-41)43-36-22-11-9-20-34(36)42(35-21-10-12-23-37(35)43)33-19-8-7-18-32(33)30-16-5-2-6-17-30/h1-28H/i1D,2D,3D,4D,5D,6D,7D,8D,9D,10D,11D,12D,13D,14D,15D,16D,17D,18D,19D,20D,21D,22D,23D,24D,25D,26D,27D,28D. The van der Waals surface area contributed by atoms with Gasteiger partial charge in [-0.25, -0.2) is 0 Å². The highest BCUT2D eigenvalue weighted by atomic mass is 16.3. The molecule has 0 amide bonds. The molecule has 0 bridgehead atoms. The number of rotatable bonds is 4. The van der Waals surface area contributed by atoms with Crippen LogP contribution in [0.4, 0.5) is 0 Å². The largest absolute Gasteiger partial charge is 0.455 e. The van der Waals surface area contributed by atoms with E-state index in [1.165, 1.54) is 0 Å². The Kier molecular flexibility index (Phi) is 2.32. The molecule has 210 valence electrons. The molecular weight excluding hydrogens is 544 g/mol. The van der Waals surface area contributed by atoms with Crippen LogP contribution in [-0.2, 0) is 0 Å². The van der Waals surface area contributed by atoms with E-state index in [0.29, 0.717) is 0 Å². The first-order valence-electron chi connectivity index (χ1n) is 27.2. The molecule has 0 saturated heterocycles. The molecule has 1 heteroatoms. The lowest BCUT2D eigenvalue weighted by Gasteiger charge is -2.19. The molecule has 0 radical (unpaired) electrons. The summed E-state index contributed by atoms with van der Waals surface area (Å²) in [7, 11) is 0. The van der Waals surface area contributed by atoms with Crippen LogP contribution >= 0.6 is 0 Å². The van der Waals surface area contributed by atoms with E-state index in [1.54, 1.807) is 0 Å². The molecule has 1 heterocycles. The Balaban J connectivity index is 1.62. The highest BCUT2D eigenvalue weighted by molar-refractivity contribution is 6.25. The highest BCUT2D eigenvalue weighted by Gasteiger charge is 2.21. The van der Waals surface area contributed by atoms with Gasteiger partial charge in [-0.2, -0.15) is 0 Å². The van der Waals surface area contributed by atoms with Crippen molar-refractivity contribution in [3.8, 4) is 44.5 Å². The molecule has 1 nitrogen and oxygen atoms in total. The summed E-state index contributed by atoms with van der Waals surface area (Å²) in [6.07, 6.45) is 0. The lowest BCUT2D eigenvalue weighted by molar-refractivity contribution is 0.670. The van der Waals surface area contributed by atoms with Gasteiger partial charge in [-0.15, -0.1) is 0 Å². The summed E-state index contributed by atoms with van der Waals surface area (Å²) in [5.41, 5.74) is -7.67.